The molecule has 122 valence electrons. The van der Waals surface area contributed by atoms with E-state index in [4.69, 9.17) is 4.74 Å². The summed E-state index contributed by atoms with van der Waals surface area (Å²) in [4.78, 5) is 22.9. The normalized spacial score (nSPS) is 12.5. The van der Waals surface area contributed by atoms with E-state index in [1.165, 1.54) is 0 Å². The zero-order valence-electron chi connectivity index (χ0n) is 12.2. The summed E-state index contributed by atoms with van der Waals surface area (Å²) in [6.07, 6.45) is -3.71. The minimum absolute atomic E-state index is 0.0619. The van der Waals surface area contributed by atoms with Gasteiger partial charge in [0.15, 0.2) is 0 Å². The number of unbranched alkanes of at least 4 members (excludes halogenated alkanes) is 1. The monoisotopic (exact) mass is 317 g/mol. The first kappa shape index (κ1) is 18.0. The Bertz CT molecular complexity index is 489. The third-order valence-electron chi connectivity index (χ3n) is 2.87. The summed E-state index contributed by atoms with van der Waals surface area (Å²) in [7, 11) is 0. The van der Waals surface area contributed by atoms with Crippen LogP contribution in [0.15, 0.2) is 30.3 Å². The van der Waals surface area contributed by atoms with Gasteiger partial charge in [0.05, 0.1) is 6.61 Å². The van der Waals surface area contributed by atoms with E-state index in [0.29, 0.717) is 12.0 Å². The molecule has 0 aromatic heterocycles. The molecular formula is C15H18F3NO3. The third-order valence-corrected chi connectivity index (χ3v) is 2.87. The van der Waals surface area contributed by atoms with Crippen LogP contribution < -0.4 is 5.32 Å². The van der Waals surface area contributed by atoms with E-state index < -0.39 is 24.1 Å². The Hall–Kier alpha value is -2.05. The van der Waals surface area contributed by atoms with Crippen molar-refractivity contribution in [1.29, 1.82) is 0 Å². The van der Waals surface area contributed by atoms with Gasteiger partial charge in [-0.25, -0.2) is 4.79 Å². The largest absolute Gasteiger partial charge is 0.471 e. The SMILES string of the molecule is CCCCOC(=O)[C@H](Cc1ccccc1)NC(=O)C(F)(F)F. The van der Waals surface area contributed by atoms with Crippen LogP contribution in [0.4, 0.5) is 13.2 Å². The van der Waals surface area contributed by atoms with E-state index in [1.807, 2.05) is 6.92 Å². The van der Waals surface area contributed by atoms with Crippen molar-refractivity contribution >= 4 is 11.9 Å². The molecule has 0 saturated heterocycles. The maximum Gasteiger partial charge on any atom is 0.471 e. The van der Waals surface area contributed by atoms with Crippen molar-refractivity contribution in [2.75, 3.05) is 6.61 Å². The first-order valence-electron chi connectivity index (χ1n) is 6.92. The van der Waals surface area contributed by atoms with Crippen LogP contribution in [0.3, 0.4) is 0 Å². The average Bonchev–Trinajstić information content (AvgIpc) is 2.46. The summed E-state index contributed by atoms with van der Waals surface area (Å²) in [5.41, 5.74) is 0.627. The molecule has 0 heterocycles. The molecule has 0 saturated carbocycles. The van der Waals surface area contributed by atoms with Gasteiger partial charge in [0.2, 0.25) is 0 Å². The smallest absolute Gasteiger partial charge is 0.464 e. The minimum Gasteiger partial charge on any atom is -0.464 e. The summed E-state index contributed by atoms with van der Waals surface area (Å²) >= 11 is 0. The van der Waals surface area contributed by atoms with E-state index in [2.05, 4.69) is 0 Å². The Balaban J connectivity index is 2.76. The molecule has 0 fully saturated rings. The lowest BCUT2D eigenvalue weighted by Gasteiger charge is -2.18. The molecule has 4 nitrogen and oxygen atoms in total. The lowest BCUT2D eigenvalue weighted by Crippen LogP contribution is -2.48. The Morgan fingerprint density at radius 2 is 1.86 bits per heavy atom. The van der Waals surface area contributed by atoms with Gasteiger partial charge in [0.25, 0.3) is 0 Å². The number of alkyl halides is 3. The maximum atomic E-state index is 12.4. The zero-order chi connectivity index (χ0) is 16.6. The number of ether oxygens (including phenoxy) is 1. The highest BCUT2D eigenvalue weighted by atomic mass is 19.4. The molecule has 0 bridgehead atoms. The summed E-state index contributed by atoms with van der Waals surface area (Å²) in [5.74, 6) is -3.02. The zero-order valence-corrected chi connectivity index (χ0v) is 12.2. The van der Waals surface area contributed by atoms with E-state index in [9.17, 15) is 22.8 Å². The van der Waals surface area contributed by atoms with Gasteiger partial charge in [-0.15, -0.1) is 0 Å². The number of nitrogens with one attached hydrogen (secondary N) is 1. The third kappa shape index (κ3) is 6.15. The van der Waals surface area contributed by atoms with Crippen molar-refractivity contribution in [3.63, 3.8) is 0 Å². The number of rotatable bonds is 7. The van der Waals surface area contributed by atoms with Crippen molar-refractivity contribution in [2.45, 2.75) is 38.4 Å². The summed E-state index contributed by atoms with van der Waals surface area (Å²) in [6.45, 7) is 2.00. The van der Waals surface area contributed by atoms with Crippen LogP contribution in [-0.4, -0.2) is 30.7 Å². The highest BCUT2D eigenvalue weighted by Gasteiger charge is 2.41. The van der Waals surface area contributed by atoms with Crippen LogP contribution in [0.5, 0.6) is 0 Å². The molecule has 1 aromatic carbocycles. The van der Waals surface area contributed by atoms with E-state index in [-0.39, 0.29) is 13.0 Å². The number of amides is 1. The minimum atomic E-state index is -5.04. The first-order chi connectivity index (χ1) is 10.3. The number of halogens is 3. The molecular weight excluding hydrogens is 299 g/mol. The highest BCUT2D eigenvalue weighted by molar-refractivity contribution is 5.87. The van der Waals surface area contributed by atoms with Crippen LogP contribution >= 0.6 is 0 Å². The predicted octanol–water partition coefficient (Wildman–Crippen LogP) is 2.62. The molecule has 1 atom stereocenters. The molecule has 1 N–H and O–H groups in total. The molecule has 7 heteroatoms. The lowest BCUT2D eigenvalue weighted by molar-refractivity contribution is -0.175. The molecule has 0 unspecified atom stereocenters. The molecule has 1 aromatic rings. The van der Waals surface area contributed by atoms with Crippen molar-refractivity contribution in [3.05, 3.63) is 35.9 Å². The Labute approximate surface area is 126 Å². The van der Waals surface area contributed by atoms with Crippen LogP contribution in [-0.2, 0) is 20.7 Å². The van der Waals surface area contributed by atoms with Gasteiger partial charge in [-0.3, -0.25) is 4.79 Å². The van der Waals surface area contributed by atoms with Gasteiger partial charge >= 0.3 is 18.1 Å². The van der Waals surface area contributed by atoms with Crippen LogP contribution in [0, 0.1) is 0 Å². The maximum absolute atomic E-state index is 12.4. The second-order valence-electron chi connectivity index (χ2n) is 4.73. The van der Waals surface area contributed by atoms with Crippen molar-refractivity contribution in [1.82, 2.24) is 5.32 Å². The quantitative estimate of drug-likeness (QED) is 0.621. The molecule has 0 spiro atoms. The molecule has 1 rings (SSSR count). The van der Waals surface area contributed by atoms with Gasteiger partial charge in [-0.05, 0) is 12.0 Å². The molecule has 0 radical (unpaired) electrons. The molecule has 0 aliphatic carbocycles. The number of benzene rings is 1. The van der Waals surface area contributed by atoms with Crippen molar-refractivity contribution in [3.8, 4) is 0 Å². The van der Waals surface area contributed by atoms with E-state index in [0.717, 1.165) is 6.42 Å². The lowest BCUT2D eigenvalue weighted by atomic mass is 10.1. The predicted molar refractivity (Wildman–Crippen MR) is 74.0 cm³/mol. The molecule has 0 aliphatic rings. The molecule has 22 heavy (non-hydrogen) atoms. The summed E-state index contributed by atoms with van der Waals surface area (Å²) in [5, 5.41) is 1.69. The number of carbonyl (C=O) groups excluding carboxylic acids is 2. The fourth-order valence-corrected chi connectivity index (χ4v) is 1.70. The molecule has 1 amide bonds. The van der Waals surface area contributed by atoms with E-state index >= 15 is 0 Å². The van der Waals surface area contributed by atoms with E-state index in [1.54, 1.807) is 35.6 Å². The van der Waals surface area contributed by atoms with Gasteiger partial charge in [0, 0.05) is 6.42 Å². The summed E-state index contributed by atoms with van der Waals surface area (Å²) in [6, 6.07) is 7.08. The Kier molecular flexibility index (Phi) is 6.88. The standard InChI is InChI=1S/C15H18F3NO3/c1-2-3-9-22-13(20)12(19-14(21)15(16,17)18)10-11-7-5-4-6-8-11/h4-8,12H,2-3,9-10H2,1H3,(H,19,21)/t12-/m0/s1. The Morgan fingerprint density at radius 1 is 1.23 bits per heavy atom. The van der Waals surface area contributed by atoms with Crippen LogP contribution in [0.2, 0.25) is 0 Å². The van der Waals surface area contributed by atoms with Crippen LogP contribution in [0.25, 0.3) is 0 Å². The molecule has 0 aliphatic heterocycles. The van der Waals surface area contributed by atoms with Crippen molar-refractivity contribution < 1.29 is 27.5 Å². The number of hydrogen-bond acceptors (Lipinski definition) is 3. The van der Waals surface area contributed by atoms with Gasteiger partial charge in [-0.1, -0.05) is 43.7 Å². The summed E-state index contributed by atoms with van der Waals surface area (Å²) < 4.78 is 42.0. The fraction of sp³-hybridized carbons (Fsp3) is 0.467. The topological polar surface area (TPSA) is 55.4 Å². The van der Waals surface area contributed by atoms with Gasteiger partial charge < -0.3 is 10.1 Å². The Morgan fingerprint density at radius 3 is 2.41 bits per heavy atom. The first-order valence-corrected chi connectivity index (χ1v) is 6.92. The second kappa shape index (κ2) is 8.41. The average molecular weight is 317 g/mol. The number of hydrogen-bond donors (Lipinski definition) is 1. The number of esters is 1. The van der Waals surface area contributed by atoms with Crippen molar-refractivity contribution in [2.24, 2.45) is 0 Å². The highest BCUT2D eigenvalue weighted by Crippen LogP contribution is 2.15. The second-order valence-corrected chi connectivity index (χ2v) is 4.73. The van der Waals surface area contributed by atoms with Gasteiger partial charge in [-0.2, -0.15) is 13.2 Å². The fourth-order valence-electron chi connectivity index (χ4n) is 1.70. The van der Waals surface area contributed by atoms with Crippen LogP contribution in [0.1, 0.15) is 25.3 Å². The number of carbonyl (C=O) groups is 2. The van der Waals surface area contributed by atoms with Gasteiger partial charge in [0.1, 0.15) is 6.04 Å².